The fourth-order valence-corrected chi connectivity index (χ4v) is 1.96. The van der Waals surface area contributed by atoms with Crippen LogP contribution in [0.5, 0.6) is 0 Å². The average Bonchev–Trinajstić information content (AvgIpc) is 2.34. The molecule has 11 heavy (non-hydrogen) atoms. The molecule has 0 aliphatic carbocycles. The SMILES string of the molecule is CC(C)(C)[C@@H](I)[C@@H]1CCCO1. The van der Waals surface area contributed by atoms with Crippen LogP contribution in [0, 0.1) is 5.41 Å². The Morgan fingerprint density at radius 3 is 2.45 bits per heavy atom. The summed E-state index contributed by atoms with van der Waals surface area (Å²) < 4.78 is 6.29. The van der Waals surface area contributed by atoms with Crippen LogP contribution in [-0.4, -0.2) is 16.6 Å². The summed E-state index contributed by atoms with van der Waals surface area (Å²) in [6, 6.07) is 0. The molecule has 1 aliphatic rings. The van der Waals surface area contributed by atoms with Gasteiger partial charge in [0.05, 0.1) is 6.10 Å². The van der Waals surface area contributed by atoms with Crippen molar-refractivity contribution >= 4 is 22.6 Å². The standard InChI is InChI=1S/C9H17IO/c1-9(2,3)8(10)7-5-4-6-11-7/h7-8H,4-6H2,1-3H3/t7-,8-/m0/s1. The molecular formula is C9H17IO. The van der Waals surface area contributed by atoms with Crippen molar-refractivity contribution in [3.8, 4) is 0 Å². The zero-order chi connectivity index (χ0) is 8.48. The van der Waals surface area contributed by atoms with Crippen molar-refractivity contribution in [3.05, 3.63) is 0 Å². The molecule has 0 N–H and O–H groups in total. The molecule has 0 bridgehead atoms. The molecule has 0 unspecified atom stereocenters. The van der Waals surface area contributed by atoms with Crippen LogP contribution in [0.25, 0.3) is 0 Å². The van der Waals surface area contributed by atoms with Crippen molar-refractivity contribution in [2.45, 2.75) is 43.6 Å². The summed E-state index contributed by atoms with van der Waals surface area (Å²) in [5.41, 5.74) is 0.384. The zero-order valence-electron chi connectivity index (χ0n) is 7.56. The highest BCUT2D eigenvalue weighted by Crippen LogP contribution is 2.34. The van der Waals surface area contributed by atoms with Crippen LogP contribution in [0.1, 0.15) is 33.6 Å². The molecule has 0 aromatic heterocycles. The average molecular weight is 268 g/mol. The molecule has 1 aliphatic heterocycles. The Morgan fingerprint density at radius 2 is 2.09 bits per heavy atom. The van der Waals surface area contributed by atoms with Gasteiger partial charge in [-0.3, -0.25) is 0 Å². The summed E-state index contributed by atoms with van der Waals surface area (Å²) in [4.78, 5) is 0. The molecule has 2 atom stereocenters. The summed E-state index contributed by atoms with van der Waals surface area (Å²) >= 11 is 2.53. The molecule has 1 fully saturated rings. The molecule has 1 rings (SSSR count). The molecule has 2 heteroatoms. The van der Waals surface area contributed by atoms with Gasteiger partial charge in [0.2, 0.25) is 0 Å². The lowest BCUT2D eigenvalue weighted by molar-refractivity contribution is 0.0879. The number of rotatable bonds is 1. The first kappa shape index (κ1) is 9.78. The predicted octanol–water partition coefficient (Wildman–Crippen LogP) is 3.02. The van der Waals surface area contributed by atoms with Crippen molar-refractivity contribution in [1.29, 1.82) is 0 Å². The fraction of sp³-hybridized carbons (Fsp3) is 1.00. The van der Waals surface area contributed by atoms with E-state index in [0.29, 0.717) is 15.4 Å². The van der Waals surface area contributed by atoms with Gasteiger partial charge in [-0.15, -0.1) is 0 Å². The van der Waals surface area contributed by atoms with Gasteiger partial charge >= 0.3 is 0 Å². The lowest BCUT2D eigenvalue weighted by Gasteiger charge is -2.29. The van der Waals surface area contributed by atoms with Gasteiger partial charge in [0.1, 0.15) is 0 Å². The first-order chi connectivity index (χ1) is 5.02. The normalized spacial score (nSPS) is 28.9. The quantitative estimate of drug-likeness (QED) is 0.524. The zero-order valence-corrected chi connectivity index (χ0v) is 9.72. The van der Waals surface area contributed by atoms with Crippen molar-refractivity contribution in [3.63, 3.8) is 0 Å². The maximum Gasteiger partial charge on any atom is 0.0698 e. The third kappa shape index (κ3) is 2.58. The van der Waals surface area contributed by atoms with Crippen molar-refractivity contribution in [2.75, 3.05) is 6.61 Å². The van der Waals surface area contributed by atoms with Crippen LogP contribution < -0.4 is 0 Å². The Kier molecular flexibility index (Phi) is 3.20. The Morgan fingerprint density at radius 1 is 1.45 bits per heavy atom. The van der Waals surface area contributed by atoms with Crippen molar-refractivity contribution in [2.24, 2.45) is 5.41 Å². The van der Waals surface area contributed by atoms with Gasteiger partial charge in [-0.05, 0) is 18.3 Å². The summed E-state index contributed by atoms with van der Waals surface area (Å²) in [5.74, 6) is 0. The fourth-order valence-electron chi connectivity index (χ4n) is 1.39. The number of hydrogen-bond acceptors (Lipinski definition) is 1. The molecule has 0 saturated carbocycles. The summed E-state index contributed by atoms with van der Waals surface area (Å²) in [6.45, 7) is 7.82. The van der Waals surface area contributed by atoms with Gasteiger partial charge < -0.3 is 4.74 Å². The summed E-state index contributed by atoms with van der Waals surface area (Å²) in [5, 5.41) is 0. The molecule has 1 nitrogen and oxygen atoms in total. The molecule has 0 spiro atoms. The number of hydrogen-bond donors (Lipinski definition) is 0. The third-order valence-electron chi connectivity index (χ3n) is 2.12. The van der Waals surface area contributed by atoms with Gasteiger partial charge in [0, 0.05) is 10.5 Å². The van der Waals surface area contributed by atoms with E-state index in [9.17, 15) is 0 Å². The highest BCUT2D eigenvalue weighted by atomic mass is 127. The number of alkyl halides is 1. The minimum Gasteiger partial charge on any atom is -0.377 e. The Hall–Kier alpha value is 0.690. The molecule has 0 aromatic rings. The first-order valence-corrected chi connectivity index (χ1v) is 5.52. The third-order valence-corrected chi connectivity index (χ3v) is 4.79. The number of ether oxygens (including phenoxy) is 1. The second-order valence-corrected chi connectivity index (χ2v) is 5.66. The van der Waals surface area contributed by atoms with Crippen LogP contribution in [0.4, 0.5) is 0 Å². The summed E-state index contributed by atoms with van der Waals surface area (Å²) in [7, 11) is 0. The van der Waals surface area contributed by atoms with E-state index in [1.54, 1.807) is 0 Å². The lowest BCUT2D eigenvalue weighted by atomic mass is 9.88. The summed E-state index contributed by atoms with van der Waals surface area (Å²) in [6.07, 6.45) is 3.01. The van der Waals surface area contributed by atoms with Gasteiger partial charge in [0.15, 0.2) is 0 Å². The Labute approximate surface area is 83.0 Å². The number of halogens is 1. The molecule has 0 amide bonds. The maximum atomic E-state index is 5.63. The van der Waals surface area contributed by atoms with Gasteiger partial charge in [-0.25, -0.2) is 0 Å². The topological polar surface area (TPSA) is 9.23 Å². The van der Waals surface area contributed by atoms with E-state index in [-0.39, 0.29) is 0 Å². The smallest absolute Gasteiger partial charge is 0.0698 e. The largest absolute Gasteiger partial charge is 0.377 e. The van der Waals surface area contributed by atoms with Gasteiger partial charge in [-0.2, -0.15) is 0 Å². The van der Waals surface area contributed by atoms with Crippen LogP contribution >= 0.6 is 22.6 Å². The van der Waals surface area contributed by atoms with Gasteiger partial charge in [-0.1, -0.05) is 43.4 Å². The molecule has 1 saturated heterocycles. The van der Waals surface area contributed by atoms with Crippen molar-refractivity contribution in [1.82, 2.24) is 0 Å². The Balaban J connectivity index is 2.46. The van der Waals surface area contributed by atoms with Crippen LogP contribution in [0.3, 0.4) is 0 Å². The molecular weight excluding hydrogens is 251 g/mol. The van der Waals surface area contributed by atoms with E-state index in [2.05, 4.69) is 43.4 Å². The first-order valence-electron chi connectivity index (χ1n) is 4.27. The van der Waals surface area contributed by atoms with Gasteiger partial charge in [0.25, 0.3) is 0 Å². The molecule has 0 radical (unpaired) electrons. The van der Waals surface area contributed by atoms with E-state index in [0.717, 1.165) is 6.61 Å². The molecule has 1 heterocycles. The van der Waals surface area contributed by atoms with Crippen molar-refractivity contribution < 1.29 is 4.74 Å². The predicted molar refractivity (Wildman–Crippen MR) is 56.2 cm³/mol. The van der Waals surface area contributed by atoms with E-state index < -0.39 is 0 Å². The second-order valence-electron chi connectivity index (χ2n) is 4.32. The van der Waals surface area contributed by atoms with Crippen LogP contribution in [0.15, 0.2) is 0 Å². The van der Waals surface area contributed by atoms with Crippen LogP contribution in [-0.2, 0) is 4.74 Å². The van der Waals surface area contributed by atoms with Crippen LogP contribution in [0.2, 0.25) is 0 Å². The van der Waals surface area contributed by atoms with E-state index in [1.165, 1.54) is 12.8 Å². The Bertz CT molecular complexity index is 122. The minimum atomic E-state index is 0.384. The minimum absolute atomic E-state index is 0.384. The molecule has 0 aromatic carbocycles. The van der Waals surface area contributed by atoms with E-state index in [1.807, 2.05) is 0 Å². The van der Waals surface area contributed by atoms with E-state index >= 15 is 0 Å². The van der Waals surface area contributed by atoms with E-state index in [4.69, 9.17) is 4.74 Å². The second kappa shape index (κ2) is 3.60. The monoisotopic (exact) mass is 268 g/mol. The maximum absolute atomic E-state index is 5.63. The molecule has 66 valence electrons. The highest BCUT2D eigenvalue weighted by Gasteiger charge is 2.32. The highest BCUT2D eigenvalue weighted by molar-refractivity contribution is 14.1. The lowest BCUT2D eigenvalue weighted by Crippen LogP contribution is -2.31.